The fraction of sp³-hybridized carbons (Fsp3) is 0.333. The predicted octanol–water partition coefficient (Wildman–Crippen LogP) is 4.01. The second-order valence-electron chi connectivity index (χ2n) is 7.64. The highest BCUT2D eigenvalue weighted by molar-refractivity contribution is 5.81. The minimum absolute atomic E-state index is 0.269. The average molecular weight is 405 g/mol. The molecule has 6 heteroatoms. The number of methoxy groups -OCH3 is 2. The van der Waals surface area contributed by atoms with Gasteiger partial charge in [-0.3, -0.25) is 4.90 Å². The molecule has 0 spiro atoms. The highest BCUT2D eigenvalue weighted by Crippen LogP contribution is 2.32. The van der Waals surface area contributed by atoms with Gasteiger partial charge in [0.15, 0.2) is 0 Å². The van der Waals surface area contributed by atoms with Crippen LogP contribution in [0.15, 0.2) is 54.7 Å². The lowest BCUT2D eigenvalue weighted by Gasteiger charge is -2.23. The van der Waals surface area contributed by atoms with Crippen molar-refractivity contribution in [3.05, 3.63) is 60.3 Å². The Balaban J connectivity index is 1.58. The largest absolute Gasteiger partial charge is 0.497 e. The molecule has 156 valence electrons. The number of nitrogens with two attached hydrogens (primary N) is 1. The number of anilines is 1. The van der Waals surface area contributed by atoms with Crippen LogP contribution in [0.2, 0.25) is 0 Å². The zero-order valence-electron chi connectivity index (χ0n) is 17.5. The third-order valence-corrected chi connectivity index (χ3v) is 5.68. The van der Waals surface area contributed by atoms with E-state index in [4.69, 9.17) is 15.2 Å². The molecule has 0 aliphatic carbocycles. The molecule has 1 saturated heterocycles. The van der Waals surface area contributed by atoms with Gasteiger partial charge in [-0.1, -0.05) is 36.4 Å². The minimum Gasteiger partial charge on any atom is -0.497 e. The second kappa shape index (κ2) is 9.24. The number of rotatable bonds is 7. The van der Waals surface area contributed by atoms with Crippen molar-refractivity contribution >= 4 is 5.95 Å². The zero-order valence-corrected chi connectivity index (χ0v) is 17.5. The normalized spacial score (nSPS) is 16.7. The van der Waals surface area contributed by atoms with Gasteiger partial charge in [0.05, 0.1) is 19.4 Å². The summed E-state index contributed by atoms with van der Waals surface area (Å²) in [7, 11) is 3.44. The summed E-state index contributed by atoms with van der Waals surface area (Å²) in [5.41, 5.74) is 11.0. The van der Waals surface area contributed by atoms with Crippen molar-refractivity contribution in [3.8, 4) is 28.1 Å². The Kier molecular flexibility index (Phi) is 6.26. The summed E-state index contributed by atoms with van der Waals surface area (Å²) in [6, 6.07) is 17.0. The molecule has 0 radical (unpaired) electrons. The molecule has 0 bridgehead atoms. The molecule has 2 N–H and O–H groups in total. The smallest absolute Gasteiger partial charge is 0.220 e. The summed E-state index contributed by atoms with van der Waals surface area (Å²) in [6.07, 6.45) is 4.22. The molecule has 4 rings (SSSR count). The molecule has 1 aliphatic rings. The van der Waals surface area contributed by atoms with E-state index in [0.717, 1.165) is 47.8 Å². The maximum absolute atomic E-state index is 5.91. The van der Waals surface area contributed by atoms with E-state index in [9.17, 15) is 0 Å². The molecular weight excluding hydrogens is 376 g/mol. The van der Waals surface area contributed by atoms with Crippen LogP contribution in [0.4, 0.5) is 5.95 Å². The highest BCUT2D eigenvalue weighted by Gasteiger charge is 2.24. The molecule has 2 aromatic carbocycles. The maximum atomic E-state index is 5.91. The van der Waals surface area contributed by atoms with E-state index in [1.807, 2.05) is 24.3 Å². The van der Waals surface area contributed by atoms with Crippen LogP contribution in [0, 0.1) is 0 Å². The lowest BCUT2D eigenvalue weighted by molar-refractivity contribution is 0.112. The molecule has 0 saturated carbocycles. The molecule has 2 heterocycles. The van der Waals surface area contributed by atoms with Crippen molar-refractivity contribution in [2.75, 3.05) is 33.1 Å². The van der Waals surface area contributed by atoms with Crippen LogP contribution in [-0.2, 0) is 11.3 Å². The molecule has 1 fully saturated rings. The molecule has 1 aromatic heterocycles. The molecule has 30 heavy (non-hydrogen) atoms. The standard InChI is InChI=1S/C24H28N4O2/c1-29-16-20-4-3-13-28(20)15-17-5-7-19(8-6-17)23-22(14-26-24(25)27-23)18-9-11-21(30-2)12-10-18/h5-12,14,20H,3-4,13,15-16H2,1-2H3,(H2,25,26,27). The van der Waals surface area contributed by atoms with Gasteiger partial charge in [-0.25, -0.2) is 9.97 Å². The van der Waals surface area contributed by atoms with Gasteiger partial charge < -0.3 is 15.2 Å². The zero-order chi connectivity index (χ0) is 20.9. The second-order valence-corrected chi connectivity index (χ2v) is 7.64. The number of hydrogen-bond acceptors (Lipinski definition) is 6. The van der Waals surface area contributed by atoms with Crippen LogP contribution < -0.4 is 10.5 Å². The first-order valence-electron chi connectivity index (χ1n) is 10.3. The Hall–Kier alpha value is -2.96. The van der Waals surface area contributed by atoms with E-state index >= 15 is 0 Å². The molecular formula is C24H28N4O2. The fourth-order valence-corrected chi connectivity index (χ4v) is 4.08. The summed E-state index contributed by atoms with van der Waals surface area (Å²) < 4.78 is 10.6. The van der Waals surface area contributed by atoms with Crippen LogP contribution in [-0.4, -0.2) is 48.3 Å². The van der Waals surface area contributed by atoms with E-state index in [1.165, 1.54) is 18.4 Å². The van der Waals surface area contributed by atoms with E-state index in [2.05, 4.69) is 39.1 Å². The van der Waals surface area contributed by atoms with Crippen LogP contribution >= 0.6 is 0 Å². The first kappa shape index (κ1) is 20.3. The quantitative estimate of drug-likeness (QED) is 0.641. The molecule has 0 amide bonds. The molecule has 1 aliphatic heterocycles. The number of hydrogen-bond donors (Lipinski definition) is 1. The van der Waals surface area contributed by atoms with Crippen LogP contribution in [0.1, 0.15) is 18.4 Å². The van der Waals surface area contributed by atoms with Crippen molar-refractivity contribution in [2.24, 2.45) is 0 Å². The predicted molar refractivity (Wildman–Crippen MR) is 119 cm³/mol. The summed E-state index contributed by atoms with van der Waals surface area (Å²) in [4.78, 5) is 11.3. The molecule has 1 unspecified atom stereocenters. The van der Waals surface area contributed by atoms with Crippen LogP contribution in [0.5, 0.6) is 5.75 Å². The highest BCUT2D eigenvalue weighted by atomic mass is 16.5. The van der Waals surface area contributed by atoms with Crippen molar-refractivity contribution in [1.29, 1.82) is 0 Å². The van der Waals surface area contributed by atoms with E-state index < -0.39 is 0 Å². The Bertz CT molecular complexity index is 974. The van der Waals surface area contributed by atoms with E-state index in [-0.39, 0.29) is 5.95 Å². The lowest BCUT2D eigenvalue weighted by Crippen LogP contribution is -2.32. The number of benzene rings is 2. The van der Waals surface area contributed by atoms with Crippen LogP contribution in [0.3, 0.4) is 0 Å². The number of nitrogen functional groups attached to an aromatic ring is 1. The Morgan fingerprint density at radius 2 is 1.77 bits per heavy atom. The molecule has 6 nitrogen and oxygen atoms in total. The number of aromatic nitrogens is 2. The monoisotopic (exact) mass is 404 g/mol. The van der Waals surface area contributed by atoms with Crippen LogP contribution in [0.25, 0.3) is 22.4 Å². The van der Waals surface area contributed by atoms with Gasteiger partial charge in [-0.2, -0.15) is 0 Å². The van der Waals surface area contributed by atoms with Crippen molar-refractivity contribution < 1.29 is 9.47 Å². The topological polar surface area (TPSA) is 73.5 Å². The number of ether oxygens (including phenoxy) is 2. The fourth-order valence-electron chi connectivity index (χ4n) is 4.08. The van der Waals surface area contributed by atoms with Crippen molar-refractivity contribution in [2.45, 2.75) is 25.4 Å². The summed E-state index contributed by atoms with van der Waals surface area (Å²) in [6.45, 7) is 2.86. The van der Waals surface area contributed by atoms with E-state index in [1.54, 1.807) is 20.4 Å². The number of nitrogens with zero attached hydrogens (tertiary/aromatic N) is 3. The lowest BCUT2D eigenvalue weighted by atomic mass is 10.00. The van der Waals surface area contributed by atoms with E-state index in [0.29, 0.717) is 6.04 Å². The molecule has 1 atom stereocenters. The van der Waals surface area contributed by atoms with Crippen molar-refractivity contribution in [3.63, 3.8) is 0 Å². The first-order chi connectivity index (χ1) is 14.7. The maximum Gasteiger partial charge on any atom is 0.220 e. The Labute approximate surface area is 177 Å². The Morgan fingerprint density at radius 3 is 2.47 bits per heavy atom. The number of likely N-dealkylation sites (tertiary alicyclic amines) is 1. The SMILES string of the molecule is COCC1CCCN1Cc1ccc(-c2nc(N)ncc2-c2ccc(OC)cc2)cc1. The summed E-state index contributed by atoms with van der Waals surface area (Å²) in [5.74, 6) is 1.08. The van der Waals surface area contributed by atoms with Gasteiger partial charge in [-0.05, 0) is 42.6 Å². The minimum atomic E-state index is 0.269. The van der Waals surface area contributed by atoms with Crippen molar-refractivity contribution in [1.82, 2.24) is 14.9 Å². The third kappa shape index (κ3) is 4.45. The third-order valence-electron chi connectivity index (χ3n) is 5.68. The Morgan fingerprint density at radius 1 is 1.03 bits per heavy atom. The average Bonchev–Trinajstić information content (AvgIpc) is 3.21. The van der Waals surface area contributed by atoms with Gasteiger partial charge in [0.1, 0.15) is 5.75 Å². The van der Waals surface area contributed by atoms with Gasteiger partial charge in [0, 0.05) is 37.0 Å². The van der Waals surface area contributed by atoms with Gasteiger partial charge in [-0.15, -0.1) is 0 Å². The van der Waals surface area contributed by atoms with Gasteiger partial charge in [0.2, 0.25) is 5.95 Å². The summed E-state index contributed by atoms with van der Waals surface area (Å²) >= 11 is 0. The molecule has 3 aromatic rings. The van der Waals surface area contributed by atoms with Gasteiger partial charge in [0.25, 0.3) is 0 Å². The summed E-state index contributed by atoms with van der Waals surface area (Å²) in [5, 5.41) is 0. The first-order valence-corrected chi connectivity index (χ1v) is 10.3. The van der Waals surface area contributed by atoms with Gasteiger partial charge >= 0.3 is 0 Å².